The van der Waals surface area contributed by atoms with Crippen LogP contribution in [0.15, 0.2) is 53.6 Å². The molecule has 0 aliphatic carbocycles. The molecule has 3 heterocycles. The largest absolute Gasteiger partial charge is 0.463 e. The number of aromatic nitrogens is 3. The molecule has 0 spiro atoms. The minimum absolute atomic E-state index is 0.653. The molecule has 3 rings (SSSR count). The molecule has 0 atom stereocenters. The van der Waals surface area contributed by atoms with Crippen molar-refractivity contribution in [2.75, 3.05) is 11.6 Å². The second kappa shape index (κ2) is 6.49. The monoisotopic (exact) mass is 300 g/mol. The average molecular weight is 300 g/mol. The number of hydrogen-bond donors (Lipinski definition) is 1. The molecule has 0 saturated heterocycles. The molecule has 0 radical (unpaired) electrons. The number of thioether (sulfide) groups is 1. The molecule has 1 N–H and O–H groups in total. The summed E-state index contributed by atoms with van der Waals surface area (Å²) in [4.78, 5) is 8.40. The number of rotatable bonds is 6. The van der Waals surface area contributed by atoms with Crippen LogP contribution in [0.2, 0.25) is 0 Å². The van der Waals surface area contributed by atoms with E-state index in [1.165, 1.54) is 0 Å². The zero-order valence-corrected chi connectivity index (χ0v) is 12.5. The van der Waals surface area contributed by atoms with E-state index in [1.807, 2.05) is 35.0 Å². The van der Waals surface area contributed by atoms with E-state index in [0.29, 0.717) is 6.54 Å². The Bertz CT molecular complexity index is 676. The third kappa shape index (κ3) is 3.46. The maximum atomic E-state index is 5.71. The van der Waals surface area contributed by atoms with Crippen LogP contribution >= 0.6 is 11.8 Å². The SMILES string of the molecule is CSCc1ccc(CNc2ccc(-n3ccnc3)nc2)o1. The van der Waals surface area contributed by atoms with Gasteiger partial charge in [0.05, 0.1) is 24.2 Å². The molecule has 0 aliphatic rings. The first-order valence-electron chi connectivity index (χ1n) is 6.60. The molecule has 0 bridgehead atoms. The highest BCUT2D eigenvalue weighted by molar-refractivity contribution is 7.97. The molecule has 3 aromatic rings. The van der Waals surface area contributed by atoms with Crippen molar-refractivity contribution in [3.8, 4) is 5.82 Å². The molecule has 3 aromatic heterocycles. The van der Waals surface area contributed by atoms with Crippen molar-refractivity contribution in [1.82, 2.24) is 14.5 Å². The molecule has 108 valence electrons. The van der Waals surface area contributed by atoms with Gasteiger partial charge in [-0.2, -0.15) is 11.8 Å². The fourth-order valence-corrected chi connectivity index (χ4v) is 2.40. The van der Waals surface area contributed by atoms with Gasteiger partial charge in [0.25, 0.3) is 0 Å². The minimum Gasteiger partial charge on any atom is -0.463 e. The Morgan fingerprint density at radius 3 is 2.86 bits per heavy atom. The molecule has 5 nitrogen and oxygen atoms in total. The molecule has 6 heteroatoms. The zero-order valence-electron chi connectivity index (χ0n) is 11.7. The topological polar surface area (TPSA) is 55.9 Å². The Hall–Kier alpha value is -2.21. The number of furan rings is 1. The van der Waals surface area contributed by atoms with Crippen molar-refractivity contribution in [2.24, 2.45) is 0 Å². The Labute approximate surface area is 127 Å². The van der Waals surface area contributed by atoms with E-state index in [1.54, 1.807) is 30.5 Å². The highest BCUT2D eigenvalue weighted by Crippen LogP contribution is 2.15. The van der Waals surface area contributed by atoms with Crippen LogP contribution in [-0.4, -0.2) is 20.8 Å². The Balaban J connectivity index is 1.60. The highest BCUT2D eigenvalue weighted by atomic mass is 32.2. The number of pyridine rings is 1. The number of nitrogens with one attached hydrogen (secondary N) is 1. The van der Waals surface area contributed by atoms with Gasteiger partial charge in [-0.1, -0.05) is 0 Å². The number of hydrogen-bond acceptors (Lipinski definition) is 5. The summed E-state index contributed by atoms with van der Waals surface area (Å²) in [7, 11) is 0. The van der Waals surface area contributed by atoms with E-state index in [0.717, 1.165) is 28.8 Å². The van der Waals surface area contributed by atoms with Gasteiger partial charge in [-0.25, -0.2) is 9.97 Å². The summed E-state index contributed by atoms with van der Waals surface area (Å²) in [5, 5.41) is 3.30. The van der Waals surface area contributed by atoms with Gasteiger partial charge in [0.2, 0.25) is 0 Å². The number of anilines is 1. The van der Waals surface area contributed by atoms with Crippen LogP contribution in [-0.2, 0) is 12.3 Å². The molecule has 0 unspecified atom stereocenters. The van der Waals surface area contributed by atoms with Gasteiger partial charge in [-0.3, -0.25) is 4.57 Å². The average Bonchev–Trinajstić information content (AvgIpc) is 3.18. The van der Waals surface area contributed by atoms with Crippen molar-refractivity contribution in [3.63, 3.8) is 0 Å². The lowest BCUT2D eigenvalue weighted by Gasteiger charge is -2.06. The Morgan fingerprint density at radius 1 is 1.24 bits per heavy atom. The minimum atomic E-state index is 0.653. The van der Waals surface area contributed by atoms with E-state index in [-0.39, 0.29) is 0 Å². The lowest BCUT2D eigenvalue weighted by atomic mass is 10.3. The van der Waals surface area contributed by atoms with Gasteiger partial charge >= 0.3 is 0 Å². The van der Waals surface area contributed by atoms with Crippen LogP contribution in [0, 0.1) is 0 Å². The third-order valence-electron chi connectivity index (χ3n) is 2.99. The molecule has 0 aromatic carbocycles. The van der Waals surface area contributed by atoms with E-state index in [4.69, 9.17) is 4.42 Å². The third-order valence-corrected chi connectivity index (χ3v) is 3.56. The van der Waals surface area contributed by atoms with Crippen LogP contribution in [0.1, 0.15) is 11.5 Å². The van der Waals surface area contributed by atoms with Crippen molar-refractivity contribution < 1.29 is 4.42 Å². The van der Waals surface area contributed by atoms with E-state index < -0.39 is 0 Å². The summed E-state index contributed by atoms with van der Waals surface area (Å²) in [6.07, 6.45) is 9.20. The molecule has 0 amide bonds. The number of nitrogens with zero attached hydrogens (tertiary/aromatic N) is 3. The maximum absolute atomic E-state index is 5.71. The molecular formula is C15H16N4OS. The van der Waals surface area contributed by atoms with Gasteiger partial charge in [0.1, 0.15) is 23.7 Å². The summed E-state index contributed by atoms with van der Waals surface area (Å²) in [6, 6.07) is 7.97. The first-order valence-corrected chi connectivity index (χ1v) is 7.99. The quantitative estimate of drug-likeness (QED) is 0.756. The molecule has 21 heavy (non-hydrogen) atoms. The Kier molecular flexibility index (Phi) is 4.25. The van der Waals surface area contributed by atoms with Crippen molar-refractivity contribution >= 4 is 17.4 Å². The summed E-state index contributed by atoms with van der Waals surface area (Å²) in [6.45, 7) is 0.653. The van der Waals surface area contributed by atoms with E-state index in [9.17, 15) is 0 Å². The van der Waals surface area contributed by atoms with Gasteiger partial charge in [-0.15, -0.1) is 0 Å². The second-order valence-electron chi connectivity index (χ2n) is 4.53. The van der Waals surface area contributed by atoms with Crippen LogP contribution in [0.5, 0.6) is 0 Å². The Morgan fingerprint density at radius 2 is 2.14 bits per heavy atom. The zero-order chi connectivity index (χ0) is 14.5. The van der Waals surface area contributed by atoms with Crippen molar-refractivity contribution in [2.45, 2.75) is 12.3 Å². The number of imidazole rings is 1. The van der Waals surface area contributed by atoms with Crippen molar-refractivity contribution in [3.05, 3.63) is 60.7 Å². The predicted molar refractivity (Wildman–Crippen MR) is 84.6 cm³/mol. The van der Waals surface area contributed by atoms with Gasteiger partial charge in [-0.05, 0) is 30.5 Å². The molecule has 0 fully saturated rings. The maximum Gasteiger partial charge on any atom is 0.137 e. The van der Waals surface area contributed by atoms with E-state index >= 15 is 0 Å². The highest BCUT2D eigenvalue weighted by Gasteiger charge is 2.02. The summed E-state index contributed by atoms with van der Waals surface area (Å²) < 4.78 is 7.58. The van der Waals surface area contributed by atoms with Gasteiger partial charge in [0, 0.05) is 12.4 Å². The summed E-state index contributed by atoms with van der Waals surface area (Å²) in [5.74, 6) is 3.69. The lowest BCUT2D eigenvalue weighted by molar-refractivity contribution is 0.487. The summed E-state index contributed by atoms with van der Waals surface area (Å²) >= 11 is 1.75. The van der Waals surface area contributed by atoms with Crippen LogP contribution in [0.3, 0.4) is 0 Å². The summed E-state index contributed by atoms with van der Waals surface area (Å²) in [5.41, 5.74) is 0.960. The van der Waals surface area contributed by atoms with Gasteiger partial charge < -0.3 is 9.73 Å². The first-order chi connectivity index (χ1) is 10.3. The van der Waals surface area contributed by atoms with Crippen molar-refractivity contribution in [1.29, 1.82) is 0 Å². The van der Waals surface area contributed by atoms with Crippen LogP contribution in [0.4, 0.5) is 5.69 Å². The van der Waals surface area contributed by atoms with E-state index in [2.05, 4.69) is 21.5 Å². The smallest absolute Gasteiger partial charge is 0.137 e. The first kappa shape index (κ1) is 13.8. The molecule has 0 aliphatic heterocycles. The fourth-order valence-electron chi connectivity index (χ4n) is 1.96. The van der Waals surface area contributed by atoms with Crippen LogP contribution in [0.25, 0.3) is 5.82 Å². The van der Waals surface area contributed by atoms with Crippen LogP contribution < -0.4 is 5.32 Å². The predicted octanol–water partition coefficient (Wildman–Crippen LogP) is 3.34. The molecular weight excluding hydrogens is 284 g/mol. The molecule has 0 saturated carbocycles. The fraction of sp³-hybridized carbons (Fsp3) is 0.200. The lowest BCUT2D eigenvalue weighted by Crippen LogP contribution is -2.00. The second-order valence-corrected chi connectivity index (χ2v) is 5.40. The van der Waals surface area contributed by atoms with Gasteiger partial charge in [0.15, 0.2) is 0 Å². The normalized spacial score (nSPS) is 10.7. The standard InChI is InChI=1S/C15H16N4OS/c1-21-10-14-4-3-13(20-14)9-17-12-2-5-15(18-8-12)19-7-6-16-11-19/h2-8,11,17H,9-10H2,1H3.